The summed E-state index contributed by atoms with van der Waals surface area (Å²) in [5.41, 5.74) is 0.413. The number of Topliss-reactive ketones (excluding diaryl/α,β-unsaturated/α-hetero) is 1. The summed E-state index contributed by atoms with van der Waals surface area (Å²) in [4.78, 5) is 11.2. The molecule has 0 bridgehead atoms. The molecule has 98 valence electrons. The van der Waals surface area contributed by atoms with E-state index < -0.39 is 5.82 Å². The number of halogens is 3. The first-order valence-electron chi connectivity index (χ1n) is 5.41. The summed E-state index contributed by atoms with van der Waals surface area (Å²) in [5.74, 6) is 0.0185. The van der Waals surface area contributed by atoms with E-state index in [4.69, 9.17) is 27.9 Å². The van der Waals surface area contributed by atoms with Gasteiger partial charge in [-0.2, -0.15) is 0 Å². The van der Waals surface area contributed by atoms with Crippen molar-refractivity contribution in [3.63, 3.8) is 0 Å². The van der Waals surface area contributed by atoms with Gasteiger partial charge in [-0.1, -0.05) is 23.2 Å². The molecule has 0 spiro atoms. The normalized spacial score (nSPS) is 10.3. The van der Waals surface area contributed by atoms with Gasteiger partial charge in [-0.3, -0.25) is 4.79 Å². The Balaban J connectivity index is 2.26. The lowest BCUT2D eigenvalue weighted by molar-refractivity contribution is 0.101. The third-order valence-corrected chi connectivity index (χ3v) is 3.07. The lowest BCUT2D eigenvalue weighted by Crippen LogP contribution is -1.94. The molecule has 0 aliphatic rings. The summed E-state index contributed by atoms with van der Waals surface area (Å²) in [6.07, 6.45) is 0. The number of ether oxygens (including phenoxy) is 1. The van der Waals surface area contributed by atoms with E-state index in [2.05, 4.69) is 0 Å². The van der Waals surface area contributed by atoms with Crippen LogP contribution in [0, 0.1) is 5.82 Å². The maximum Gasteiger partial charge on any atom is 0.161 e. The first-order valence-corrected chi connectivity index (χ1v) is 6.16. The van der Waals surface area contributed by atoms with Crippen molar-refractivity contribution >= 4 is 29.0 Å². The van der Waals surface area contributed by atoms with Gasteiger partial charge in [0.05, 0.1) is 10.0 Å². The zero-order valence-electron chi connectivity index (χ0n) is 9.91. The molecule has 0 saturated carbocycles. The maximum absolute atomic E-state index is 13.2. The maximum atomic E-state index is 13.2. The minimum absolute atomic E-state index is 0.0253. The fraction of sp³-hybridized carbons (Fsp3) is 0.0714. The zero-order valence-corrected chi connectivity index (χ0v) is 11.4. The number of carbonyl (C=O) groups excluding carboxylic acids is 1. The van der Waals surface area contributed by atoms with Crippen molar-refractivity contribution in [3.8, 4) is 11.5 Å². The minimum Gasteiger partial charge on any atom is -0.457 e. The van der Waals surface area contributed by atoms with Crippen LogP contribution in [0.3, 0.4) is 0 Å². The number of rotatable bonds is 3. The molecular weight excluding hydrogens is 290 g/mol. The van der Waals surface area contributed by atoms with Crippen molar-refractivity contribution in [2.45, 2.75) is 6.92 Å². The molecule has 0 heterocycles. The fourth-order valence-electron chi connectivity index (χ4n) is 1.52. The van der Waals surface area contributed by atoms with Gasteiger partial charge >= 0.3 is 0 Å². The van der Waals surface area contributed by atoms with Crippen LogP contribution in [0.1, 0.15) is 17.3 Å². The van der Waals surface area contributed by atoms with Gasteiger partial charge in [0.15, 0.2) is 5.78 Å². The highest BCUT2D eigenvalue weighted by atomic mass is 35.5. The largest absolute Gasteiger partial charge is 0.457 e. The minimum atomic E-state index is -0.564. The molecule has 5 heteroatoms. The molecule has 2 nitrogen and oxygen atoms in total. The summed E-state index contributed by atoms with van der Waals surface area (Å²) in [6.45, 7) is 1.43. The van der Waals surface area contributed by atoms with E-state index in [1.54, 1.807) is 12.1 Å². The molecule has 0 N–H and O–H groups in total. The summed E-state index contributed by atoms with van der Waals surface area (Å²) in [7, 11) is 0. The average molecular weight is 299 g/mol. The molecule has 0 unspecified atom stereocenters. The van der Waals surface area contributed by atoms with Gasteiger partial charge in [-0.25, -0.2) is 4.39 Å². The Morgan fingerprint density at radius 2 is 1.68 bits per heavy atom. The molecule has 0 saturated heterocycles. The van der Waals surface area contributed by atoms with E-state index in [1.165, 1.54) is 31.2 Å². The lowest BCUT2D eigenvalue weighted by Gasteiger charge is -2.08. The Bertz CT molecular complexity index is 641. The molecule has 0 atom stereocenters. The highest BCUT2D eigenvalue weighted by Gasteiger charge is 2.08. The summed E-state index contributed by atoms with van der Waals surface area (Å²) in [6, 6.07) is 8.78. The lowest BCUT2D eigenvalue weighted by atomic mass is 10.1. The predicted octanol–water partition coefficient (Wildman–Crippen LogP) is 5.13. The van der Waals surface area contributed by atoms with Crippen LogP contribution in [-0.4, -0.2) is 5.78 Å². The average Bonchev–Trinajstić information content (AvgIpc) is 2.33. The van der Waals surface area contributed by atoms with E-state index in [1.807, 2.05) is 0 Å². The standard InChI is InChI=1S/C14H9Cl2FO2/c1-8(18)11-4-2-9(6-13(11)16)19-10-3-5-12(15)14(17)7-10/h2-7H,1H3. The Morgan fingerprint density at radius 1 is 1.05 bits per heavy atom. The Kier molecular flexibility index (Phi) is 4.08. The smallest absolute Gasteiger partial charge is 0.161 e. The van der Waals surface area contributed by atoms with Crippen molar-refractivity contribution in [1.82, 2.24) is 0 Å². The van der Waals surface area contributed by atoms with Gasteiger partial charge in [0, 0.05) is 17.7 Å². The van der Waals surface area contributed by atoms with Gasteiger partial charge < -0.3 is 4.74 Å². The fourth-order valence-corrected chi connectivity index (χ4v) is 1.94. The van der Waals surface area contributed by atoms with Crippen molar-refractivity contribution < 1.29 is 13.9 Å². The van der Waals surface area contributed by atoms with Crippen LogP contribution < -0.4 is 4.74 Å². The van der Waals surface area contributed by atoms with Crippen LogP contribution in [0.25, 0.3) is 0 Å². The number of hydrogen-bond donors (Lipinski definition) is 0. The number of benzene rings is 2. The Morgan fingerprint density at radius 3 is 2.26 bits per heavy atom. The monoisotopic (exact) mass is 298 g/mol. The van der Waals surface area contributed by atoms with Crippen LogP contribution in [0.2, 0.25) is 10.0 Å². The molecule has 0 radical (unpaired) electrons. The second-order valence-corrected chi connectivity index (χ2v) is 4.69. The third kappa shape index (κ3) is 3.25. The number of ketones is 1. The summed E-state index contributed by atoms with van der Waals surface area (Å²) < 4.78 is 18.7. The third-order valence-electron chi connectivity index (χ3n) is 2.45. The topological polar surface area (TPSA) is 26.3 Å². The predicted molar refractivity (Wildman–Crippen MR) is 72.9 cm³/mol. The molecule has 0 amide bonds. The van der Waals surface area contributed by atoms with E-state index >= 15 is 0 Å². The first-order chi connectivity index (χ1) is 8.97. The van der Waals surface area contributed by atoms with Crippen LogP contribution in [0.15, 0.2) is 36.4 Å². The quantitative estimate of drug-likeness (QED) is 0.735. The molecule has 2 rings (SSSR count). The second kappa shape index (κ2) is 5.59. The molecule has 0 aliphatic carbocycles. The summed E-state index contributed by atoms with van der Waals surface area (Å²) >= 11 is 11.5. The Hall–Kier alpha value is -1.58. The van der Waals surface area contributed by atoms with Crippen LogP contribution >= 0.6 is 23.2 Å². The van der Waals surface area contributed by atoms with Crippen LogP contribution in [0.5, 0.6) is 11.5 Å². The molecule has 19 heavy (non-hydrogen) atoms. The van der Waals surface area contributed by atoms with Crippen molar-refractivity contribution in [3.05, 3.63) is 57.8 Å². The van der Waals surface area contributed by atoms with Crippen molar-refractivity contribution in [1.29, 1.82) is 0 Å². The molecule has 2 aromatic rings. The van der Waals surface area contributed by atoms with Crippen LogP contribution in [-0.2, 0) is 0 Å². The number of carbonyl (C=O) groups is 1. The molecule has 0 fully saturated rings. The summed E-state index contributed by atoms with van der Waals surface area (Å²) in [5, 5.41) is 0.316. The highest BCUT2D eigenvalue weighted by Crippen LogP contribution is 2.28. The van der Waals surface area contributed by atoms with Gasteiger partial charge in [0.25, 0.3) is 0 Å². The van der Waals surface area contributed by atoms with Gasteiger partial charge in [0.1, 0.15) is 17.3 Å². The van der Waals surface area contributed by atoms with E-state index in [0.29, 0.717) is 22.1 Å². The zero-order chi connectivity index (χ0) is 14.0. The van der Waals surface area contributed by atoms with Crippen LogP contribution in [0.4, 0.5) is 4.39 Å². The van der Waals surface area contributed by atoms with E-state index in [-0.39, 0.29) is 10.8 Å². The van der Waals surface area contributed by atoms with Gasteiger partial charge in [-0.15, -0.1) is 0 Å². The van der Waals surface area contributed by atoms with Crippen molar-refractivity contribution in [2.75, 3.05) is 0 Å². The van der Waals surface area contributed by atoms with E-state index in [9.17, 15) is 9.18 Å². The van der Waals surface area contributed by atoms with Crippen molar-refractivity contribution in [2.24, 2.45) is 0 Å². The van der Waals surface area contributed by atoms with E-state index in [0.717, 1.165) is 0 Å². The SMILES string of the molecule is CC(=O)c1ccc(Oc2ccc(Cl)c(F)c2)cc1Cl. The van der Waals surface area contributed by atoms with Gasteiger partial charge in [-0.05, 0) is 31.2 Å². The number of hydrogen-bond acceptors (Lipinski definition) is 2. The van der Waals surface area contributed by atoms with Gasteiger partial charge in [0.2, 0.25) is 0 Å². The molecular formula is C14H9Cl2FO2. The molecule has 0 aromatic heterocycles. The Labute approximate surface area is 119 Å². The molecule has 0 aliphatic heterocycles. The first kappa shape index (κ1) is 13.8. The second-order valence-electron chi connectivity index (χ2n) is 3.88. The molecule has 2 aromatic carbocycles. The highest BCUT2D eigenvalue weighted by molar-refractivity contribution is 6.34.